The summed E-state index contributed by atoms with van der Waals surface area (Å²) >= 11 is 0. The fraction of sp³-hybridized carbons (Fsp3) is 0.500. The van der Waals surface area contributed by atoms with Gasteiger partial charge < -0.3 is 9.84 Å². The smallest absolute Gasteiger partial charge is 0.395 e. The molecule has 22 heavy (non-hydrogen) atoms. The van der Waals surface area contributed by atoms with Gasteiger partial charge in [0.1, 0.15) is 5.92 Å². The Morgan fingerprint density at radius 2 is 1.86 bits per heavy atom. The van der Waals surface area contributed by atoms with Crippen LogP contribution in [-0.4, -0.2) is 39.9 Å². The molecule has 1 aromatic rings. The van der Waals surface area contributed by atoms with Crippen molar-refractivity contribution in [2.75, 3.05) is 12.4 Å². The van der Waals surface area contributed by atoms with Crippen molar-refractivity contribution in [1.82, 2.24) is 0 Å². The SMILES string of the molecule is CCOC(=O)C(O)[C@@H](C[S@@](=O)c1ccc(C)cc1)C(F)(F)F. The van der Waals surface area contributed by atoms with Crippen molar-refractivity contribution in [3.63, 3.8) is 0 Å². The van der Waals surface area contributed by atoms with Crippen LogP contribution in [0.3, 0.4) is 0 Å². The van der Waals surface area contributed by atoms with E-state index in [4.69, 9.17) is 0 Å². The first-order valence-corrected chi connectivity index (χ1v) is 7.85. The zero-order valence-electron chi connectivity index (χ0n) is 12.1. The van der Waals surface area contributed by atoms with Gasteiger partial charge in [0.25, 0.3) is 0 Å². The molecule has 0 spiro atoms. The van der Waals surface area contributed by atoms with Crippen molar-refractivity contribution in [3.05, 3.63) is 29.8 Å². The third-order valence-corrected chi connectivity index (χ3v) is 4.40. The van der Waals surface area contributed by atoms with Crippen LogP contribution in [0.4, 0.5) is 13.2 Å². The average Bonchev–Trinajstić information content (AvgIpc) is 2.43. The number of rotatable bonds is 6. The van der Waals surface area contributed by atoms with Gasteiger partial charge in [0.05, 0.1) is 17.4 Å². The zero-order chi connectivity index (χ0) is 16.9. The second kappa shape index (κ2) is 7.73. The molecule has 0 aliphatic rings. The fourth-order valence-corrected chi connectivity index (χ4v) is 3.04. The first-order valence-electron chi connectivity index (χ1n) is 6.53. The van der Waals surface area contributed by atoms with E-state index in [0.717, 1.165) is 5.56 Å². The zero-order valence-corrected chi connectivity index (χ0v) is 12.9. The van der Waals surface area contributed by atoms with Gasteiger partial charge in [-0.3, -0.25) is 4.21 Å². The topological polar surface area (TPSA) is 63.6 Å². The van der Waals surface area contributed by atoms with Gasteiger partial charge >= 0.3 is 12.1 Å². The molecule has 1 rings (SSSR count). The van der Waals surface area contributed by atoms with Crippen LogP contribution in [0.2, 0.25) is 0 Å². The maximum absolute atomic E-state index is 13.0. The predicted molar refractivity (Wildman–Crippen MR) is 74.6 cm³/mol. The standard InChI is InChI=1S/C14H17F3O4S/c1-3-21-13(19)12(18)11(14(15,16)17)8-22(20)10-6-4-9(2)5-7-10/h4-7,11-12,18H,3,8H2,1-2H3/t11-,12?,22-/m1/s1. The molecule has 124 valence electrons. The van der Waals surface area contributed by atoms with Crippen LogP contribution in [0.15, 0.2) is 29.2 Å². The van der Waals surface area contributed by atoms with E-state index in [1.165, 1.54) is 19.1 Å². The molecule has 0 bridgehead atoms. The number of aliphatic hydroxyl groups excluding tert-OH is 1. The number of hydrogen-bond acceptors (Lipinski definition) is 4. The number of ether oxygens (including phenoxy) is 1. The van der Waals surface area contributed by atoms with Crippen LogP contribution in [0.5, 0.6) is 0 Å². The minimum absolute atomic E-state index is 0.151. The third kappa shape index (κ3) is 5.10. The molecule has 8 heteroatoms. The summed E-state index contributed by atoms with van der Waals surface area (Å²) in [5, 5.41) is 9.56. The summed E-state index contributed by atoms with van der Waals surface area (Å²) < 4.78 is 55.5. The molecule has 0 aliphatic heterocycles. The van der Waals surface area contributed by atoms with E-state index in [0.29, 0.717) is 0 Å². The van der Waals surface area contributed by atoms with E-state index in [1.54, 1.807) is 19.1 Å². The quantitative estimate of drug-likeness (QED) is 0.808. The predicted octanol–water partition coefficient (Wildman–Crippen LogP) is 2.21. The van der Waals surface area contributed by atoms with Gasteiger partial charge in [-0.15, -0.1) is 0 Å². The number of aryl methyl sites for hydroxylation is 1. The van der Waals surface area contributed by atoms with Gasteiger partial charge in [0.15, 0.2) is 6.10 Å². The van der Waals surface area contributed by atoms with Gasteiger partial charge in [-0.1, -0.05) is 17.7 Å². The number of esters is 1. The highest BCUT2D eigenvalue weighted by Crippen LogP contribution is 2.31. The van der Waals surface area contributed by atoms with E-state index < -0.39 is 40.7 Å². The van der Waals surface area contributed by atoms with E-state index in [1.807, 2.05) is 0 Å². The molecule has 4 nitrogen and oxygen atoms in total. The Morgan fingerprint density at radius 1 is 1.32 bits per heavy atom. The second-order valence-corrected chi connectivity index (χ2v) is 6.17. The molecule has 0 saturated carbocycles. The number of alkyl halides is 3. The lowest BCUT2D eigenvalue weighted by atomic mass is 10.0. The summed E-state index contributed by atoms with van der Waals surface area (Å²) in [6.45, 7) is 3.05. The summed E-state index contributed by atoms with van der Waals surface area (Å²) in [7, 11) is -2.00. The van der Waals surface area contributed by atoms with Crippen LogP contribution >= 0.6 is 0 Å². The molecular weight excluding hydrogens is 321 g/mol. The largest absolute Gasteiger partial charge is 0.464 e. The second-order valence-electron chi connectivity index (χ2n) is 4.67. The molecule has 1 aromatic carbocycles. The molecule has 0 radical (unpaired) electrons. The number of carbonyl (C=O) groups excluding carboxylic acids is 1. The highest BCUT2D eigenvalue weighted by Gasteiger charge is 2.48. The summed E-state index contributed by atoms with van der Waals surface area (Å²) in [4.78, 5) is 11.5. The van der Waals surface area contributed by atoms with E-state index in [9.17, 15) is 27.3 Å². The average molecular weight is 338 g/mol. The van der Waals surface area contributed by atoms with Gasteiger partial charge in [0, 0.05) is 10.6 Å². The van der Waals surface area contributed by atoms with Crippen molar-refractivity contribution < 1.29 is 32.0 Å². The monoisotopic (exact) mass is 338 g/mol. The Balaban J connectivity index is 2.92. The number of hydrogen-bond donors (Lipinski definition) is 1. The van der Waals surface area contributed by atoms with E-state index in [-0.39, 0.29) is 11.5 Å². The molecule has 0 saturated heterocycles. The maximum atomic E-state index is 13.0. The Bertz CT molecular complexity index is 528. The Morgan fingerprint density at radius 3 is 2.32 bits per heavy atom. The minimum atomic E-state index is -4.87. The van der Waals surface area contributed by atoms with Crippen molar-refractivity contribution in [2.45, 2.75) is 31.0 Å². The summed E-state index contributed by atoms with van der Waals surface area (Å²) in [5.41, 5.74) is 0.875. The number of halogens is 3. The lowest BCUT2D eigenvalue weighted by Crippen LogP contribution is -2.43. The van der Waals surface area contributed by atoms with Gasteiger partial charge in [-0.2, -0.15) is 13.2 Å². The van der Waals surface area contributed by atoms with Crippen LogP contribution in [-0.2, 0) is 20.3 Å². The summed E-state index contributed by atoms with van der Waals surface area (Å²) in [5.74, 6) is -4.73. The lowest BCUT2D eigenvalue weighted by molar-refractivity contribution is -0.203. The molecule has 3 atom stereocenters. The van der Waals surface area contributed by atoms with Crippen LogP contribution in [0.1, 0.15) is 12.5 Å². The van der Waals surface area contributed by atoms with Gasteiger partial charge in [0.2, 0.25) is 0 Å². The Hall–Kier alpha value is -1.41. The first kappa shape index (κ1) is 18.6. The minimum Gasteiger partial charge on any atom is -0.464 e. The van der Waals surface area contributed by atoms with Crippen molar-refractivity contribution in [2.24, 2.45) is 5.92 Å². The molecule has 0 heterocycles. The lowest BCUT2D eigenvalue weighted by Gasteiger charge is -2.23. The Labute approximate surface area is 128 Å². The summed E-state index contributed by atoms with van der Waals surface area (Å²) in [6, 6.07) is 6.15. The van der Waals surface area contributed by atoms with Crippen molar-refractivity contribution in [3.8, 4) is 0 Å². The molecule has 0 amide bonds. The highest BCUT2D eigenvalue weighted by molar-refractivity contribution is 7.85. The maximum Gasteiger partial charge on any atom is 0.395 e. The number of benzene rings is 1. The Kier molecular flexibility index (Phi) is 6.55. The van der Waals surface area contributed by atoms with E-state index in [2.05, 4.69) is 4.74 Å². The molecule has 0 aromatic heterocycles. The number of carbonyl (C=O) groups is 1. The van der Waals surface area contributed by atoms with Crippen LogP contribution in [0.25, 0.3) is 0 Å². The van der Waals surface area contributed by atoms with Gasteiger partial charge in [-0.25, -0.2) is 4.79 Å². The van der Waals surface area contributed by atoms with Crippen LogP contribution < -0.4 is 0 Å². The van der Waals surface area contributed by atoms with E-state index >= 15 is 0 Å². The van der Waals surface area contributed by atoms with Crippen molar-refractivity contribution >= 4 is 16.8 Å². The first-order chi connectivity index (χ1) is 10.2. The fourth-order valence-electron chi connectivity index (χ4n) is 1.71. The molecule has 1 N–H and O–H groups in total. The molecular formula is C14H17F3O4S. The summed E-state index contributed by atoms with van der Waals surface area (Å²) in [6.07, 6.45) is -7.26. The van der Waals surface area contributed by atoms with Crippen LogP contribution in [0, 0.1) is 12.8 Å². The molecule has 0 aliphatic carbocycles. The number of aliphatic hydroxyl groups is 1. The molecule has 0 fully saturated rings. The third-order valence-electron chi connectivity index (χ3n) is 2.94. The normalized spacial score (nSPS) is 15.9. The molecule has 1 unspecified atom stereocenters. The van der Waals surface area contributed by atoms with Gasteiger partial charge in [-0.05, 0) is 26.0 Å². The van der Waals surface area contributed by atoms with Crippen molar-refractivity contribution in [1.29, 1.82) is 0 Å². The highest BCUT2D eigenvalue weighted by atomic mass is 32.2.